The van der Waals surface area contributed by atoms with Gasteiger partial charge in [-0.3, -0.25) is 19.4 Å². The third kappa shape index (κ3) is 3.48. The molecular formula is C16H17N5O3. The fraction of sp³-hybridized carbons (Fsp3) is 0.312. The maximum atomic E-state index is 12.4. The number of amides is 2. The van der Waals surface area contributed by atoms with Crippen LogP contribution in [-0.2, 0) is 4.79 Å². The molecule has 0 radical (unpaired) electrons. The van der Waals surface area contributed by atoms with E-state index in [-0.39, 0.29) is 11.5 Å². The number of hydrogen-bond acceptors (Lipinski definition) is 5. The Hall–Kier alpha value is -3.03. The number of aromatic nitrogens is 3. The number of pyridine rings is 1. The van der Waals surface area contributed by atoms with Crippen molar-refractivity contribution >= 4 is 11.8 Å². The maximum Gasteiger partial charge on any atom is 0.277 e. The average Bonchev–Trinajstić information content (AvgIpc) is 2.80. The summed E-state index contributed by atoms with van der Waals surface area (Å²) < 4.78 is 0. The molecule has 8 nitrogen and oxygen atoms in total. The Morgan fingerprint density at radius 3 is 2.79 bits per heavy atom. The van der Waals surface area contributed by atoms with Gasteiger partial charge < -0.3 is 10.6 Å². The van der Waals surface area contributed by atoms with Gasteiger partial charge in [0.05, 0.1) is 5.69 Å². The lowest BCUT2D eigenvalue weighted by atomic mass is 10.1. The minimum absolute atomic E-state index is 0.0751. The Labute approximate surface area is 137 Å². The number of rotatable bonds is 3. The molecule has 1 saturated heterocycles. The van der Waals surface area contributed by atoms with Crippen molar-refractivity contribution in [3.05, 3.63) is 46.5 Å². The van der Waals surface area contributed by atoms with Crippen LogP contribution in [0.3, 0.4) is 0 Å². The summed E-state index contributed by atoms with van der Waals surface area (Å²) >= 11 is 0. The van der Waals surface area contributed by atoms with Gasteiger partial charge >= 0.3 is 0 Å². The summed E-state index contributed by atoms with van der Waals surface area (Å²) in [4.78, 5) is 40.2. The Morgan fingerprint density at radius 1 is 1.21 bits per heavy atom. The summed E-state index contributed by atoms with van der Waals surface area (Å²) in [6.45, 7) is 0.604. The topological polar surface area (TPSA) is 117 Å². The van der Waals surface area contributed by atoms with Crippen LogP contribution in [0.2, 0.25) is 0 Å². The maximum absolute atomic E-state index is 12.4. The van der Waals surface area contributed by atoms with E-state index < -0.39 is 17.5 Å². The first-order valence-corrected chi connectivity index (χ1v) is 7.74. The van der Waals surface area contributed by atoms with Crippen LogP contribution < -0.4 is 16.2 Å². The van der Waals surface area contributed by atoms with Crippen molar-refractivity contribution in [2.45, 2.75) is 25.3 Å². The molecule has 2 aromatic heterocycles. The van der Waals surface area contributed by atoms with Gasteiger partial charge in [-0.05, 0) is 37.5 Å². The number of nitrogens with one attached hydrogen (secondary N) is 3. The van der Waals surface area contributed by atoms with E-state index in [0.29, 0.717) is 18.7 Å². The number of nitrogens with zero attached hydrogens (tertiary/aromatic N) is 2. The molecule has 0 unspecified atom stereocenters. The summed E-state index contributed by atoms with van der Waals surface area (Å²) in [6.07, 6.45) is 5.45. The van der Waals surface area contributed by atoms with Crippen molar-refractivity contribution in [3.63, 3.8) is 0 Å². The molecule has 0 aliphatic carbocycles. The second kappa shape index (κ2) is 7.03. The van der Waals surface area contributed by atoms with Gasteiger partial charge in [-0.1, -0.05) is 0 Å². The first-order chi connectivity index (χ1) is 11.6. The van der Waals surface area contributed by atoms with Crippen molar-refractivity contribution in [3.8, 4) is 11.3 Å². The molecule has 0 saturated carbocycles. The number of carbonyl (C=O) groups is 2. The summed E-state index contributed by atoms with van der Waals surface area (Å²) in [5.41, 5.74) is 0.503. The number of aromatic amines is 1. The predicted molar refractivity (Wildman–Crippen MR) is 86.2 cm³/mol. The molecule has 24 heavy (non-hydrogen) atoms. The summed E-state index contributed by atoms with van der Waals surface area (Å²) in [6, 6.07) is 4.23. The first-order valence-electron chi connectivity index (χ1n) is 7.74. The molecule has 124 valence electrons. The lowest BCUT2D eigenvalue weighted by molar-refractivity contribution is -0.122. The van der Waals surface area contributed by atoms with Gasteiger partial charge in [-0.2, -0.15) is 5.10 Å². The number of carbonyl (C=O) groups excluding carboxylic acids is 2. The Balaban J connectivity index is 1.84. The highest BCUT2D eigenvalue weighted by Gasteiger charge is 2.24. The molecule has 0 spiro atoms. The lowest BCUT2D eigenvalue weighted by Gasteiger charge is -2.15. The van der Waals surface area contributed by atoms with Gasteiger partial charge in [-0.15, -0.1) is 0 Å². The van der Waals surface area contributed by atoms with Crippen LogP contribution >= 0.6 is 0 Å². The van der Waals surface area contributed by atoms with Gasteiger partial charge in [0.15, 0.2) is 0 Å². The van der Waals surface area contributed by atoms with Crippen molar-refractivity contribution in [2.24, 2.45) is 0 Å². The molecule has 3 rings (SSSR count). The molecule has 2 amide bonds. The minimum atomic E-state index is -0.628. The molecule has 1 fully saturated rings. The Kier molecular flexibility index (Phi) is 4.64. The minimum Gasteiger partial charge on any atom is -0.354 e. The second-order valence-electron chi connectivity index (χ2n) is 5.54. The molecule has 0 aromatic carbocycles. The summed E-state index contributed by atoms with van der Waals surface area (Å²) in [5.74, 6) is -0.809. The summed E-state index contributed by atoms with van der Waals surface area (Å²) in [7, 11) is 0. The van der Waals surface area contributed by atoms with Gasteiger partial charge in [0.25, 0.3) is 11.5 Å². The molecule has 1 atom stereocenters. The SMILES string of the molecule is O=C(N[C@@H]1CCCCNC1=O)c1cc(-c2ccncc2)n[nH]c1=O. The van der Waals surface area contributed by atoms with Crippen molar-refractivity contribution in [1.29, 1.82) is 0 Å². The molecule has 8 heteroatoms. The molecule has 3 heterocycles. The van der Waals surface area contributed by atoms with E-state index in [4.69, 9.17) is 0 Å². The zero-order valence-electron chi connectivity index (χ0n) is 12.9. The normalized spacial score (nSPS) is 17.7. The van der Waals surface area contributed by atoms with E-state index in [1.165, 1.54) is 6.07 Å². The van der Waals surface area contributed by atoms with Crippen LogP contribution in [0.4, 0.5) is 0 Å². The zero-order valence-corrected chi connectivity index (χ0v) is 12.9. The van der Waals surface area contributed by atoms with E-state index in [9.17, 15) is 14.4 Å². The van der Waals surface area contributed by atoms with Crippen LogP contribution in [0.5, 0.6) is 0 Å². The highest BCUT2D eigenvalue weighted by molar-refractivity contribution is 5.97. The van der Waals surface area contributed by atoms with E-state index in [1.807, 2.05) is 0 Å². The lowest BCUT2D eigenvalue weighted by Crippen LogP contribution is -2.46. The molecule has 0 bridgehead atoms. The van der Waals surface area contributed by atoms with Gasteiger partial charge in [-0.25, -0.2) is 5.10 Å². The van der Waals surface area contributed by atoms with Crippen molar-refractivity contribution in [2.75, 3.05) is 6.54 Å². The fourth-order valence-corrected chi connectivity index (χ4v) is 2.56. The highest BCUT2D eigenvalue weighted by Crippen LogP contribution is 2.14. The second-order valence-corrected chi connectivity index (χ2v) is 5.54. The Morgan fingerprint density at radius 2 is 2.00 bits per heavy atom. The fourth-order valence-electron chi connectivity index (χ4n) is 2.56. The van der Waals surface area contributed by atoms with E-state index in [2.05, 4.69) is 25.8 Å². The van der Waals surface area contributed by atoms with Crippen LogP contribution in [0.15, 0.2) is 35.4 Å². The third-order valence-corrected chi connectivity index (χ3v) is 3.86. The molecule has 1 aliphatic heterocycles. The highest BCUT2D eigenvalue weighted by atomic mass is 16.2. The predicted octanol–water partition coefficient (Wildman–Crippen LogP) is 0.230. The smallest absolute Gasteiger partial charge is 0.277 e. The average molecular weight is 327 g/mol. The van der Waals surface area contributed by atoms with Crippen molar-refractivity contribution < 1.29 is 9.59 Å². The van der Waals surface area contributed by atoms with Crippen LogP contribution in [0.1, 0.15) is 29.6 Å². The van der Waals surface area contributed by atoms with E-state index >= 15 is 0 Å². The monoisotopic (exact) mass is 327 g/mol. The largest absolute Gasteiger partial charge is 0.354 e. The van der Waals surface area contributed by atoms with E-state index in [1.54, 1.807) is 24.5 Å². The number of H-pyrrole nitrogens is 1. The quantitative estimate of drug-likeness (QED) is 0.746. The molecule has 2 aromatic rings. The summed E-state index contributed by atoms with van der Waals surface area (Å²) in [5, 5.41) is 11.6. The molecule has 3 N–H and O–H groups in total. The first kappa shape index (κ1) is 15.9. The molecule has 1 aliphatic rings. The van der Waals surface area contributed by atoms with Crippen LogP contribution in [0.25, 0.3) is 11.3 Å². The van der Waals surface area contributed by atoms with Crippen LogP contribution in [-0.4, -0.2) is 39.6 Å². The van der Waals surface area contributed by atoms with Gasteiger partial charge in [0.1, 0.15) is 11.6 Å². The Bertz CT molecular complexity index is 803. The van der Waals surface area contributed by atoms with Gasteiger partial charge in [0.2, 0.25) is 5.91 Å². The zero-order chi connectivity index (χ0) is 16.9. The van der Waals surface area contributed by atoms with Crippen molar-refractivity contribution in [1.82, 2.24) is 25.8 Å². The van der Waals surface area contributed by atoms with Gasteiger partial charge in [0, 0.05) is 24.5 Å². The molecular weight excluding hydrogens is 310 g/mol. The standard InChI is InChI=1S/C16H17N5O3/c22-14(19-12-3-1-2-6-18-16(12)24)11-9-13(20-21-15(11)23)10-4-7-17-8-5-10/h4-5,7-9,12H,1-3,6H2,(H,18,24)(H,19,22)(H,21,23)/t12-/m1/s1. The number of hydrogen-bond donors (Lipinski definition) is 3. The van der Waals surface area contributed by atoms with E-state index in [0.717, 1.165) is 18.4 Å². The third-order valence-electron chi connectivity index (χ3n) is 3.86. The van der Waals surface area contributed by atoms with Crippen LogP contribution in [0, 0.1) is 0 Å².